The lowest BCUT2D eigenvalue weighted by atomic mass is 9.87. The Bertz CT molecular complexity index is 1240. The van der Waals surface area contributed by atoms with Crippen molar-refractivity contribution >= 4 is 21.4 Å². The average Bonchev–Trinajstić information content (AvgIpc) is 3.10. The molecule has 0 saturated carbocycles. The third-order valence-electron chi connectivity index (χ3n) is 5.84. The van der Waals surface area contributed by atoms with Crippen molar-refractivity contribution in [1.82, 2.24) is 21.9 Å². The minimum atomic E-state index is -5.59. The molecule has 0 amide bonds. The molecule has 21 nitrogen and oxygen atoms in total. The first-order chi connectivity index (χ1) is 18.0. The van der Waals surface area contributed by atoms with Gasteiger partial charge in [0.15, 0.2) is 12.5 Å². The molecule has 3 rings (SSSR count). The number of aliphatic hydroxyl groups is 5. The first-order valence-corrected chi connectivity index (χ1v) is 14.2. The number of carbonyl (C=O) groups is 1. The smallest absolute Gasteiger partial charge is 0.394 e. The predicted octanol–water partition coefficient (Wildman–Crippen LogP) is -3.24. The number of H-pyrrole nitrogens is 1. The highest BCUT2D eigenvalue weighted by atomic mass is 31.3. The van der Waals surface area contributed by atoms with E-state index in [0.717, 1.165) is 23.8 Å². The molecular formula is C18H34N4O17P2. The van der Waals surface area contributed by atoms with Gasteiger partial charge in [-0.3, -0.25) is 23.4 Å². The molecule has 41 heavy (non-hydrogen) atoms. The molecule has 14 N–H and O–H groups in total. The van der Waals surface area contributed by atoms with Crippen molar-refractivity contribution in [3.63, 3.8) is 0 Å². The van der Waals surface area contributed by atoms with Gasteiger partial charge in [-0.05, 0) is 6.92 Å². The van der Waals surface area contributed by atoms with Gasteiger partial charge in [0.1, 0.15) is 36.3 Å². The van der Waals surface area contributed by atoms with Crippen LogP contribution in [0.25, 0.3) is 0 Å². The van der Waals surface area contributed by atoms with Gasteiger partial charge in [0.05, 0.1) is 19.3 Å². The number of nitrogens with zero attached hydrogens (tertiary/aromatic N) is 1. The van der Waals surface area contributed by atoms with Gasteiger partial charge in [-0.1, -0.05) is 0 Å². The summed E-state index contributed by atoms with van der Waals surface area (Å²) < 4.78 is 49.4. The molecule has 11 atom stereocenters. The summed E-state index contributed by atoms with van der Waals surface area (Å²) in [5, 5.41) is 50.0. The molecule has 2 unspecified atom stereocenters. The summed E-state index contributed by atoms with van der Waals surface area (Å²) in [5.41, 5.74) is -1.74. The zero-order valence-electron chi connectivity index (χ0n) is 21.4. The van der Waals surface area contributed by atoms with E-state index in [9.17, 15) is 58.8 Å². The topological polar surface area (TPSA) is 364 Å². The van der Waals surface area contributed by atoms with Gasteiger partial charge < -0.3 is 61.9 Å². The molecule has 238 valence electrons. The molecule has 0 bridgehead atoms. The number of ketones is 1. The molecule has 3 heterocycles. The van der Waals surface area contributed by atoms with Crippen LogP contribution in [0.5, 0.6) is 0 Å². The number of phosphoric ester groups is 2. The molecule has 2 saturated heterocycles. The van der Waals surface area contributed by atoms with Crippen LogP contribution >= 0.6 is 15.6 Å². The van der Waals surface area contributed by atoms with Crippen molar-refractivity contribution in [2.24, 2.45) is 5.92 Å². The minimum absolute atomic E-state index is 0. The lowest BCUT2D eigenvalue weighted by Gasteiger charge is -2.41. The Morgan fingerprint density at radius 1 is 1.00 bits per heavy atom. The van der Waals surface area contributed by atoms with Crippen LogP contribution in [0.3, 0.4) is 0 Å². The van der Waals surface area contributed by atoms with Crippen molar-refractivity contribution < 1.29 is 72.1 Å². The van der Waals surface area contributed by atoms with E-state index < -0.39 is 107 Å². The van der Waals surface area contributed by atoms with Gasteiger partial charge in [-0.15, -0.1) is 0 Å². The monoisotopic (exact) mass is 640 g/mol. The van der Waals surface area contributed by atoms with Gasteiger partial charge in [0.2, 0.25) is 0 Å². The fourth-order valence-corrected chi connectivity index (χ4v) is 6.18. The summed E-state index contributed by atoms with van der Waals surface area (Å²) in [5.74, 6) is -1.99. The molecule has 23 heteroatoms. The normalized spacial score (nSPS) is 34.5. The summed E-state index contributed by atoms with van der Waals surface area (Å²) in [6.45, 7) is -0.788. The van der Waals surface area contributed by atoms with Crippen molar-refractivity contribution in [2.75, 3.05) is 13.2 Å². The number of ether oxygens (including phenoxy) is 2. The van der Waals surface area contributed by atoms with E-state index in [1.807, 2.05) is 4.98 Å². The number of Topliss-reactive ketones (excluding diaryl/α,β-unsaturated/α-hetero) is 1. The molecule has 1 aromatic rings. The number of hydrogen-bond acceptors (Lipinski definition) is 17. The minimum Gasteiger partial charge on any atom is -0.394 e. The van der Waals surface area contributed by atoms with E-state index in [4.69, 9.17) is 14.0 Å². The highest BCUT2D eigenvalue weighted by Gasteiger charge is 2.50. The Morgan fingerprint density at radius 2 is 1.61 bits per heavy atom. The fraction of sp³-hybridized carbons (Fsp3) is 0.722. The molecule has 1 aromatic heterocycles. The van der Waals surface area contributed by atoms with Crippen molar-refractivity contribution in [3.05, 3.63) is 33.1 Å². The van der Waals surface area contributed by atoms with Gasteiger partial charge in [-0.25, -0.2) is 13.9 Å². The molecule has 0 radical (unpaired) electrons. The maximum atomic E-state index is 12.5. The van der Waals surface area contributed by atoms with Crippen LogP contribution in [0, 0.1) is 5.92 Å². The number of hydrogen-bond donors (Lipinski definition) is 10. The van der Waals surface area contributed by atoms with Crippen molar-refractivity contribution in [2.45, 2.75) is 62.5 Å². The van der Waals surface area contributed by atoms with Crippen molar-refractivity contribution in [1.29, 1.82) is 0 Å². The number of rotatable bonds is 11. The van der Waals surface area contributed by atoms with E-state index >= 15 is 0 Å². The predicted molar refractivity (Wildman–Crippen MR) is 132 cm³/mol. The Hall–Kier alpha value is -1.75. The standard InChI is InChI=1S/C18H28N2O17P2.2H3N/c1-7(22)4-8-12(24)13(25)9(5-21)35-17(8)36-39(31,32)37-38(29,30)33-6-10-14(26)15(27)16(34-10)20-3-2-11(23)19-18(20)28;;/h2-3,8-10,12-17,21,24-27H,4-6H2,1H3,(H,29,30)(H,31,32)(H,19,23,28);2*1H3/t8-,9-,10-,12-,13-,14-,15-,16-,17-;;/m1../s1. The third kappa shape index (κ3) is 9.12. The largest absolute Gasteiger partial charge is 0.483 e. The van der Waals surface area contributed by atoms with E-state index in [1.54, 1.807) is 0 Å². The number of phosphoric acid groups is 2. The highest BCUT2D eigenvalue weighted by Crippen LogP contribution is 2.62. The quantitative estimate of drug-likeness (QED) is 0.106. The van der Waals surface area contributed by atoms with Crippen LogP contribution in [-0.2, 0) is 36.8 Å². The Kier molecular flexibility index (Phi) is 13.3. The Morgan fingerprint density at radius 3 is 2.17 bits per heavy atom. The van der Waals surface area contributed by atoms with E-state index in [1.165, 1.54) is 0 Å². The molecule has 0 aromatic carbocycles. The summed E-state index contributed by atoms with van der Waals surface area (Å²) in [6, 6.07) is 0.932. The average molecular weight is 640 g/mol. The summed E-state index contributed by atoms with van der Waals surface area (Å²) in [6.07, 6.45) is -13.2. The number of aromatic amines is 1. The highest BCUT2D eigenvalue weighted by molar-refractivity contribution is 7.61. The maximum Gasteiger partial charge on any atom is 0.483 e. The zero-order valence-corrected chi connectivity index (χ0v) is 23.2. The number of nitrogens with one attached hydrogen (secondary N) is 1. The second kappa shape index (κ2) is 14.6. The third-order valence-corrected chi connectivity index (χ3v) is 8.44. The molecule has 2 fully saturated rings. The number of aliphatic hydroxyl groups excluding tert-OH is 5. The number of aromatic nitrogens is 2. The van der Waals surface area contributed by atoms with Gasteiger partial charge >= 0.3 is 21.3 Å². The Labute approximate surface area is 230 Å². The Balaban J connectivity index is 0.00000420. The lowest BCUT2D eigenvalue weighted by Crippen LogP contribution is -2.56. The maximum absolute atomic E-state index is 12.5. The van der Waals surface area contributed by atoms with E-state index in [2.05, 4.69) is 8.83 Å². The zero-order chi connectivity index (χ0) is 29.3. The van der Waals surface area contributed by atoms with Crippen LogP contribution < -0.4 is 23.6 Å². The van der Waals surface area contributed by atoms with Crippen molar-refractivity contribution in [3.8, 4) is 0 Å². The SMILES string of the molecule is CC(=O)C[C@H]1[C@@H](OP(=O)(O)OP(=O)(O)OC[C@H]2O[C@@H](n3ccc(=O)[nH]c3=O)[C@H](O)[C@@H]2O)O[C@H](CO)[C@@H](O)[C@@H]1O.N.N. The van der Waals surface area contributed by atoms with Crippen LogP contribution in [0.15, 0.2) is 21.9 Å². The van der Waals surface area contributed by atoms with Crippen LogP contribution in [0.1, 0.15) is 19.6 Å². The van der Waals surface area contributed by atoms with E-state index in [-0.39, 0.29) is 12.3 Å². The van der Waals surface area contributed by atoms with Crippen LogP contribution in [0.2, 0.25) is 0 Å². The van der Waals surface area contributed by atoms with Crippen LogP contribution in [-0.4, -0.2) is 107 Å². The molecule has 2 aliphatic heterocycles. The number of carbonyl (C=O) groups excluding carboxylic acids is 1. The first kappa shape index (κ1) is 37.3. The molecule has 2 aliphatic rings. The van der Waals surface area contributed by atoms with Crippen LogP contribution in [0.4, 0.5) is 0 Å². The summed E-state index contributed by atoms with van der Waals surface area (Å²) in [7, 11) is -11.1. The molecular weight excluding hydrogens is 606 g/mol. The second-order valence-corrected chi connectivity index (χ2v) is 11.8. The van der Waals surface area contributed by atoms with Gasteiger partial charge in [0.25, 0.3) is 5.56 Å². The fourth-order valence-electron chi connectivity index (χ4n) is 3.99. The second-order valence-electron chi connectivity index (χ2n) is 8.76. The summed E-state index contributed by atoms with van der Waals surface area (Å²) >= 11 is 0. The van der Waals surface area contributed by atoms with Gasteiger partial charge in [0, 0.05) is 24.6 Å². The lowest BCUT2D eigenvalue weighted by molar-refractivity contribution is -0.263. The first-order valence-electron chi connectivity index (χ1n) is 11.2. The van der Waals surface area contributed by atoms with Gasteiger partial charge in [-0.2, -0.15) is 4.31 Å². The molecule has 0 spiro atoms. The van der Waals surface area contributed by atoms with E-state index in [0.29, 0.717) is 0 Å². The molecule has 0 aliphatic carbocycles. The summed E-state index contributed by atoms with van der Waals surface area (Å²) in [4.78, 5) is 56.6.